The molecule has 0 saturated heterocycles. The lowest BCUT2D eigenvalue weighted by Gasteiger charge is -2.10. The van der Waals surface area contributed by atoms with Crippen molar-refractivity contribution >= 4 is 42.7 Å². The van der Waals surface area contributed by atoms with E-state index < -0.39 is 32.3 Å². The second-order valence-corrected chi connectivity index (χ2v) is 7.09. The molecule has 1 aromatic heterocycles. The smallest absolute Gasteiger partial charge is 0.408 e. The first kappa shape index (κ1) is 15.7. The summed E-state index contributed by atoms with van der Waals surface area (Å²) in [5.74, 6) is -2.90. The van der Waals surface area contributed by atoms with Gasteiger partial charge in [-0.25, -0.2) is 22.0 Å². The van der Waals surface area contributed by atoms with Crippen LogP contribution in [0.25, 0.3) is 11.1 Å². The normalized spacial score (nSPS) is 11.8. The van der Waals surface area contributed by atoms with Crippen LogP contribution in [0.5, 0.6) is 0 Å². The Morgan fingerprint density at radius 3 is 2.61 bits per heavy atom. The molecule has 3 rings (SSSR count). The quantitative estimate of drug-likeness (QED) is 0.701. The summed E-state index contributed by atoms with van der Waals surface area (Å²) in [5.41, 5.74) is 0.190. The molecule has 0 aliphatic carbocycles. The number of anilines is 1. The summed E-state index contributed by atoms with van der Waals surface area (Å²) in [6.07, 6.45) is 0. The van der Waals surface area contributed by atoms with Gasteiger partial charge >= 0.3 is 5.76 Å². The molecule has 0 saturated carbocycles. The molecule has 2 aromatic carbocycles. The molecule has 0 aliphatic rings. The van der Waals surface area contributed by atoms with Crippen molar-refractivity contribution in [2.75, 3.05) is 4.72 Å². The van der Waals surface area contributed by atoms with E-state index in [-0.39, 0.29) is 16.8 Å². The van der Waals surface area contributed by atoms with Crippen LogP contribution < -0.4 is 10.5 Å². The number of nitrogens with one attached hydrogen (secondary N) is 2. The van der Waals surface area contributed by atoms with E-state index in [1.165, 1.54) is 12.1 Å². The van der Waals surface area contributed by atoms with Crippen molar-refractivity contribution in [2.45, 2.75) is 4.90 Å². The molecule has 2 N–H and O–H groups in total. The fourth-order valence-corrected chi connectivity index (χ4v) is 3.55. The van der Waals surface area contributed by atoms with Gasteiger partial charge in [0, 0.05) is 10.5 Å². The number of benzene rings is 2. The summed E-state index contributed by atoms with van der Waals surface area (Å²) in [6.45, 7) is 0. The number of rotatable bonds is 3. The number of aromatic nitrogens is 1. The molecule has 0 amide bonds. The number of fused-ring (bicyclic) bond motifs is 1. The Hall–Kier alpha value is -2.20. The van der Waals surface area contributed by atoms with E-state index in [0.29, 0.717) is 10.5 Å². The molecular weight excluding hydrogens is 398 g/mol. The highest BCUT2D eigenvalue weighted by molar-refractivity contribution is 9.10. The zero-order valence-electron chi connectivity index (χ0n) is 11.1. The lowest BCUT2D eigenvalue weighted by atomic mass is 10.3. The topological polar surface area (TPSA) is 92.2 Å². The minimum atomic E-state index is -4.34. The van der Waals surface area contributed by atoms with Crippen LogP contribution >= 0.6 is 15.9 Å². The van der Waals surface area contributed by atoms with Crippen LogP contribution in [0.1, 0.15) is 0 Å². The average molecular weight is 405 g/mol. The second kappa shape index (κ2) is 5.46. The van der Waals surface area contributed by atoms with E-state index >= 15 is 0 Å². The maximum absolute atomic E-state index is 13.7. The maximum Gasteiger partial charge on any atom is 0.417 e. The number of hydrogen-bond acceptors (Lipinski definition) is 4. The average Bonchev–Trinajstić information content (AvgIpc) is 2.78. The minimum absolute atomic E-state index is 0.0241. The van der Waals surface area contributed by atoms with Gasteiger partial charge in [-0.15, -0.1) is 0 Å². The van der Waals surface area contributed by atoms with E-state index in [0.717, 1.165) is 12.1 Å². The number of sulfonamides is 1. The Morgan fingerprint density at radius 1 is 1.17 bits per heavy atom. The third-order valence-electron chi connectivity index (χ3n) is 2.92. The first-order chi connectivity index (χ1) is 10.8. The maximum atomic E-state index is 13.7. The van der Waals surface area contributed by atoms with E-state index in [1.807, 2.05) is 0 Å². The second-order valence-electron chi connectivity index (χ2n) is 4.52. The number of aromatic amines is 1. The van der Waals surface area contributed by atoms with Crippen LogP contribution in [0.2, 0.25) is 0 Å². The van der Waals surface area contributed by atoms with E-state index in [9.17, 15) is 22.0 Å². The van der Waals surface area contributed by atoms with Gasteiger partial charge in [-0.2, -0.15) is 0 Å². The molecule has 0 bridgehead atoms. The van der Waals surface area contributed by atoms with Gasteiger partial charge in [-0.05, 0) is 24.3 Å². The number of oxazole rings is 1. The van der Waals surface area contributed by atoms with Crippen molar-refractivity contribution in [3.8, 4) is 0 Å². The molecule has 10 heteroatoms. The molecule has 23 heavy (non-hydrogen) atoms. The van der Waals surface area contributed by atoms with Gasteiger partial charge in [0.05, 0.1) is 5.69 Å². The monoisotopic (exact) mass is 404 g/mol. The summed E-state index contributed by atoms with van der Waals surface area (Å²) in [7, 11) is -4.34. The third kappa shape index (κ3) is 2.99. The molecule has 0 aliphatic heterocycles. The number of halogens is 3. The highest BCUT2D eigenvalue weighted by atomic mass is 79.9. The first-order valence-electron chi connectivity index (χ1n) is 6.06. The lowest BCUT2D eigenvalue weighted by Crippen LogP contribution is -2.15. The standard InChI is InChI=1S/C13H7BrF2N2O4S/c14-6-3-9(12-10(4-6)22-13(19)17-12)18-23(20,21)11-2-1-7(15)5-8(11)16/h1-5,18H,(H,17,19). The van der Waals surface area contributed by atoms with Gasteiger partial charge in [0.15, 0.2) is 5.58 Å². The zero-order chi connectivity index (χ0) is 16.8. The summed E-state index contributed by atoms with van der Waals surface area (Å²) < 4.78 is 58.6. The van der Waals surface area contributed by atoms with Gasteiger partial charge in [-0.1, -0.05) is 15.9 Å². The minimum Gasteiger partial charge on any atom is -0.408 e. The Morgan fingerprint density at radius 2 is 1.91 bits per heavy atom. The summed E-state index contributed by atoms with van der Waals surface area (Å²) in [5, 5.41) is 0. The fourth-order valence-electron chi connectivity index (χ4n) is 1.99. The van der Waals surface area contributed by atoms with Crippen LogP contribution in [0.4, 0.5) is 14.5 Å². The van der Waals surface area contributed by atoms with Crippen molar-refractivity contribution in [1.29, 1.82) is 0 Å². The van der Waals surface area contributed by atoms with Crippen molar-refractivity contribution in [1.82, 2.24) is 4.98 Å². The van der Waals surface area contributed by atoms with Crippen LogP contribution in [-0.2, 0) is 10.0 Å². The van der Waals surface area contributed by atoms with Gasteiger partial charge in [0.1, 0.15) is 22.0 Å². The Labute approximate surface area is 136 Å². The van der Waals surface area contributed by atoms with Crippen molar-refractivity contribution in [3.05, 3.63) is 57.0 Å². The molecule has 0 atom stereocenters. The summed E-state index contributed by atoms with van der Waals surface area (Å²) in [6, 6.07) is 4.93. The molecular formula is C13H7BrF2N2O4S. The predicted octanol–water partition coefficient (Wildman–Crippen LogP) is 2.96. The fraction of sp³-hybridized carbons (Fsp3) is 0. The van der Waals surface area contributed by atoms with Crippen LogP contribution in [0, 0.1) is 11.6 Å². The van der Waals surface area contributed by atoms with Crippen molar-refractivity contribution in [2.24, 2.45) is 0 Å². The van der Waals surface area contributed by atoms with Gasteiger partial charge in [-0.3, -0.25) is 9.71 Å². The van der Waals surface area contributed by atoms with E-state index in [2.05, 4.69) is 25.6 Å². The predicted molar refractivity (Wildman–Crippen MR) is 81.7 cm³/mol. The molecule has 3 aromatic rings. The van der Waals surface area contributed by atoms with Gasteiger partial charge in [0.25, 0.3) is 10.0 Å². The Kier molecular flexibility index (Phi) is 3.72. The van der Waals surface area contributed by atoms with E-state index in [4.69, 9.17) is 4.42 Å². The molecule has 6 nitrogen and oxygen atoms in total. The Bertz CT molecular complexity index is 1080. The largest absolute Gasteiger partial charge is 0.417 e. The van der Waals surface area contributed by atoms with Gasteiger partial charge in [0.2, 0.25) is 0 Å². The van der Waals surface area contributed by atoms with Crippen LogP contribution in [0.3, 0.4) is 0 Å². The molecule has 1 heterocycles. The summed E-state index contributed by atoms with van der Waals surface area (Å²) >= 11 is 3.15. The molecule has 0 unspecified atom stereocenters. The molecule has 0 spiro atoms. The lowest BCUT2D eigenvalue weighted by molar-refractivity contribution is 0.551. The van der Waals surface area contributed by atoms with E-state index in [1.54, 1.807) is 0 Å². The van der Waals surface area contributed by atoms with Crippen molar-refractivity contribution in [3.63, 3.8) is 0 Å². The zero-order valence-corrected chi connectivity index (χ0v) is 13.5. The highest BCUT2D eigenvalue weighted by Gasteiger charge is 2.21. The Balaban J connectivity index is 2.12. The van der Waals surface area contributed by atoms with Crippen LogP contribution in [-0.4, -0.2) is 13.4 Å². The number of hydrogen-bond donors (Lipinski definition) is 2. The molecule has 0 radical (unpaired) electrons. The third-order valence-corrected chi connectivity index (χ3v) is 4.78. The highest BCUT2D eigenvalue weighted by Crippen LogP contribution is 2.28. The molecule has 0 fully saturated rings. The number of H-pyrrole nitrogens is 1. The SMILES string of the molecule is O=c1[nH]c2c(NS(=O)(=O)c3ccc(F)cc3F)cc(Br)cc2o1. The molecule has 120 valence electrons. The first-order valence-corrected chi connectivity index (χ1v) is 8.34. The summed E-state index contributed by atoms with van der Waals surface area (Å²) in [4.78, 5) is 12.9. The van der Waals surface area contributed by atoms with Crippen molar-refractivity contribution < 1.29 is 21.6 Å². The van der Waals surface area contributed by atoms with Gasteiger partial charge < -0.3 is 4.42 Å². The van der Waals surface area contributed by atoms with Crippen LogP contribution in [0.15, 0.2) is 48.9 Å².